The molecule has 0 aliphatic heterocycles. The van der Waals surface area contributed by atoms with Gasteiger partial charge in [0.1, 0.15) is 0 Å². The molecular formula is C9H17N2O3P. The van der Waals surface area contributed by atoms with Crippen molar-refractivity contribution < 1.29 is 13.6 Å². The second-order valence-electron chi connectivity index (χ2n) is 3.03. The predicted molar refractivity (Wildman–Crippen MR) is 58.0 cm³/mol. The summed E-state index contributed by atoms with van der Waals surface area (Å²) in [4.78, 5) is 0. The van der Waals surface area contributed by atoms with Gasteiger partial charge in [0.25, 0.3) is 0 Å². The maximum Gasteiger partial charge on any atom is 0.330 e. The van der Waals surface area contributed by atoms with E-state index >= 15 is 0 Å². The summed E-state index contributed by atoms with van der Waals surface area (Å²) in [6.45, 7) is 4.43. The summed E-state index contributed by atoms with van der Waals surface area (Å²) in [6, 6.07) is 0. The van der Waals surface area contributed by atoms with E-state index in [2.05, 4.69) is 10.2 Å². The monoisotopic (exact) mass is 232 g/mol. The molecule has 0 aliphatic rings. The Bertz CT molecular complexity index is 303. The lowest BCUT2D eigenvalue weighted by atomic mass is 10.3. The van der Waals surface area contributed by atoms with Crippen LogP contribution in [0.1, 0.15) is 19.4 Å². The quantitative estimate of drug-likeness (QED) is 0.732. The van der Waals surface area contributed by atoms with Crippen LogP contribution in [0.25, 0.3) is 0 Å². The number of aryl methyl sites for hydroxylation is 1. The average molecular weight is 232 g/mol. The van der Waals surface area contributed by atoms with E-state index in [9.17, 15) is 4.57 Å². The molecule has 0 aliphatic carbocycles. The second-order valence-corrected chi connectivity index (χ2v) is 5.21. The summed E-state index contributed by atoms with van der Waals surface area (Å²) in [5.41, 5.74) is 1.01. The molecule has 1 rings (SSSR count). The molecule has 0 aromatic carbocycles. The van der Waals surface area contributed by atoms with Gasteiger partial charge in [-0.1, -0.05) is 0 Å². The van der Waals surface area contributed by atoms with Crippen molar-refractivity contribution in [2.45, 2.75) is 20.3 Å². The molecule has 6 heteroatoms. The van der Waals surface area contributed by atoms with Crippen LogP contribution in [-0.2, 0) is 20.0 Å². The van der Waals surface area contributed by atoms with Crippen LogP contribution in [0.3, 0.4) is 0 Å². The summed E-state index contributed by atoms with van der Waals surface area (Å²) in [6.07, 6.45) is 4.53. The van der Waals surface area contributed by atoms with E-state index in [1.165, 1.54) is 0 Å². The van der Waals surface area contributed by atoms with Gasteiger partial charge in [-0.25, -0.2) is 0 Å². The molecule has 1 aromatic heterocycles. The van der Waals surface area contributed by atoms with Crippen molar-refractivity contribution in [2.75, 3.05) is 19.4 Å². The van der Waals surface area contributed by atoms with Crippen LogP contribution >= 0.6 is 7.60 Å². The van der Waals surface area contributed by atoms with Gasteiger partial charge in [0.2, 0.25) is 0 Å². The van der Waals surface area contributed by atoms with E-state index in [0.29, 0.717) is 25.8 Å². The highest BCUT2D eigenvalue weighted by atomic mass is 31.2. The Morgan fingerprint density at radius 2 is 2.07 bits per heavy atom. The zero-order valence-corrected chi connectivity index (χ0v) is 10.00. The van der Waals surface area contributed by atoms with Crippen LogP contribution in [0, 0.1) is 0 Å². The lowest BCUT2D eigenvalue weighted by Gasteiger charge is -2.16. The molecule has 1 aromatic rings. The van der Waals surface area contributed by atoms with Crippen LogP contribution in [0.15, 0.2) is 12.4 Å². The van der Waals surface area contributed by atoms with Gasteiger partial charge in [-0.3, -0.25) is 9.66 Å². The maximum atomic E-state index is 12.0. The van der Waals surface area contributed by atoms with Gasteiger partial charge < -0.3 is 9.05 Å². The number of nitrogens with zero attached hydrogens (tertiary/aromatic N) is 1. The Kier molecular flexibility index (Phi) is 5.02. The first-order valence-corrected chi connectivity index (χ1v) is 6.78. The SMILES string of the molecule is CCOP(=O)(CCc1cn[nH]c1)OCC. The third-order valence-electron chi connectivity index (χ3n) is 1.88. The zero-order chi connectivity index (χ0) is 11.1. The highest BCUT2D eigenvalue weighted by Gasteiger charge is 2.22. The Balaban J connectivity index is 2.48. The minimum absolute atomic E-state index is 0.397. The molecule has 0 saturated carbocycles. The molecule has 0 saturated heterocycles. The summed E-state index contributed by atoms with van der Waals surface area (Å²) in [7, 11) is -2.90. The molecule has 0 amide bonds. The molecule has 0 atom stereocenters. The highest BCUT2D eigenvalue weighted by molar-refractivity contribution is 7.53. The average Bonchev–Trinajstić information content (AvgIpc) is 2.68. The van der Waals surface area contributed by atoms with E-state index in [0.717, 1.165) is 5.56 Å². The maximum absolute atomic E-state index is 12.0. The number of nitrogens with one attached hydrogen (secondary N) is 1. The number of aromatic nitrogens is 2. The van der Waals surface area contributed by atoms with Gasteiger partial charge in [-0.05, 0) is 25.8 Å². The highest BCUT2D eigenvalue weighted by Crippen LogP contribution is 2.48. The molecule has 0 fully saturated rings. The van der Waals surface area contributed by atoms with Gasteiger partial charge in [0, 0.05) is 6.20 Å². The minimum Gasteiger partial charge on any atom is -0.309 e. The van der Waals surface area contributed by atoms with Crippen molar-refractivity contribution in [3.05, 3.63) is 18.0 Å². The van der Waals surface area contributed by atoms with Crippen LogP contribution in [0.4, 0.5) is 0 Å². The lowest BCUT2D eigenvalue weighted by Crippen LogP contribution is -2.02. The van der Waals surface area contributed by atoms with Crippen LogP contribution < -0.4 is 0 Å². The van der Waals surface area contributed by atoms with Gasteiger partial charge in [-0.15, -0.1) is 0 Å². The number of hydrogen-bond acceptors (Lipinski definition) is 4. The fraction of sp³-hybridized carbons (Fsp3) is 0.667. The molecule has 1 N–H and O–H groups in total. The summed E-state index contributed by atoms with van der Waals surface area (Å²) in [5, 5.41) is 6.53. The molecule has 0 bridgehead atoms. The number of aromatic amines is 1. The van der Waals surface area contributed by atoms with Crippen LogP contribution in [0.5, 0.6) is 0 Å². The van der Waals surface area contributed by atoms with Crippen molar-refractivity contribution >= 4 is 7.60 Å². The topological polar surface area (TPSA) is 64.2 Å². The molecule has 86 valence electrons. The smallest absolute Gasteiger partial charge is 0.309 e. The minimum atomic E-state index is -2.90. The molecule has 1 heterocycles. The van der Waals surface area contributed by atoms with E-state index in [4.69, 9.17) is 9.05 Å². The first-order valence-electron chi connectivity index (χ1n) is 5.06. The van der Waals surface area contributed by atoms with Gasteiger partial charge in [-0.2, -0.15) is 5.10 Å². The molecule has 0 spiro atoms. The Hall–Kier alpha value is -0.640. The molecular weight excluding hydrogens is 215 g/mol. The first-order chi connectivity index (χ1) is 7.20. The normalized spacial score (nSPS) is 11.9. The van der Waals surface area contributed by atoms with Crippen molar-refractivity contribution in [3.63, 3.8) is 0 Å². The first kappa shape index (κ1) is 12.4. The van der Waals surface area contributed by atoms with Gasteiger partial charge in [0.05, 0.1) is 25.6 Å². The molecule has 0 unspecified atom stereocenters. The van der Waals surface area contributed by atoms with Crippen molar-refractivity contribution in [1.82, 2.24) is 10.2 Å². The fourth-order valence-corrected chi connectivity index (χ4v) is 2.89. The van der Waals surface area contributed by atoms with Crippen molar-refractivity contribution in [1.29, 1.82) is 0 Å². The number of H-pyrrole nitrogens is 1. The van der Waals surface area contributed by atoms with E-state index in [-0.39, 0.29) is 0 Å². The molecule has 15 heavy (non-hydrogen) atoms. The van der Waals surface area contributed by atoms with E-state index in [1.54, 1.807) is 12.4 Å². The number of rotatable bonds is 7. The Labute approximate surface area is 89.7 Å². The van der Waals surface area contributed by atoms with Gasteiger partial charge >= 0.3 is 7.60 Å². The summed E-state index contributed by atoms with van der Waals surface area (Å²) in [5.74, 6) is 0. The third-order valence-corrected chi connectivity index (χ3v) is 3.96. The summed E-state index contributed by atoms with van der Waals surface area (Å²) < 4.78 is 22.4. The summed E-state index contributed by atoms with van der Waals surface area (Å²) >= 11 is 0. The van der Waals surface area contributed by atoms with Crippen LogP contribution in [-0.4, -0.2) is 29.6 Å². The standard InChI is InChI=1S/C9H17N2O3P/c1-3-13-15(12,14-4-2)6-5-9-7-10-11-8-9/h7-8H,3-6H2,1-2H3,(H,10,11). The zero-order valence-electron chi connectivity index (χ0n) is 9.10. The Morgan fingerprint density at radius 3 is 2.53 bits per heavy atom. The third kappa shape index (κ3) is 4.16. The predicted octanol–water partition coefficient (Wildman–Crippen LogP) is 2.22. The lowest BCUT2D eigenvalue weighted by molar-refractivity contribution is 0.220. The van der Waals surface area contributed by atoms with Crippen molar-refractivity contribution in [2.24, 2.45) is 0 Å². The Morgan fingerprint density at radius 1 is 1.40 bits per heavy atom. The largest absolute Gasteiger partial charge is 0.330 e. The fourth-order valence-electron chi connectivity index (χ4n) is 1.24. The van der Waals surface area contributed by atoms with E-state index in [1.807, 2.05) is 13.8 Å². The number of hydrogen-bond donors (Lipinski definition) is 1. The van der Waals surface area contributed by atoms with E-state index < -0.39 is 7.60 Å². The van der Waals surface area contributed by atoms with Gasteiger partial charge in [0.15, 0.2) is 0 Å². The van der Waals surface area contributed by atoms with Crippen LogP contribution in [0.2, 0.25) is 0 Å². The van der Waals surface area contributed by atoms with Crippen molar-refractivity contribution in [3.8, 4) is 0 Å². The molecule has 5 nitrogen and oxygen atoms in total. The second kappa shape index (κ2) is 6.05. The molecule has 0 radical (unpaired) electrons.